The summed E-state index contributed by atoms with van der Waals surface area (Å²) >= 11 is 0. The Labute approximate surface area is 296 Å². The van der Waals surface area contributed by atoms with Crippen LogP contribution in [0.2, 0.25) is 0 Å². The van der Waals surface area contributed by atoms with E-state index in [4.69, 9.17) is 19.3 Å². The van der Waals surface area contributed by atoms with Gasteiger partial charge < -0.3 is 24.4 Å². The number of benzene rings is 2. The van der Waals surface area contributed by atoms with Gasteiger partial charge in [-0.2, -0.15) is 10.2 Å². The number of carbonyl (C=O) groups excluding carboxylic acids is 3. The molecule has 4 aliphatic carbocycles. The van der Waals surface area contributed by atoms with Gasteiger partial charge in [0, 0.05) is 16.7 Å². The number of carboxylic acid groups (broad SMARTS) is 1. The summed E-state index contributed by atoms with van der Waals surface area (Å²) in [5, 5.41) is 29.6. The monoisotopic (exact) mass is 696 g/mol. The second-order valence-electron chi connectivity index (χ2n) is 15.1. The van der Waals surface area contributed by atoms with Crippen molar-refractivity contribution >= 4 is 34.9 Å². The number of ketones is 2. The maximum atomic E-state index is 14.5. The zero-order valence-electron chi connectivity index (χ0n) is 29.1. The van der Waals surface area contributed by atoms with E-state index < -0.39 is 53.5 Å². The fourth-order valence-corrected chi connectivity index (χ4v) is 10.0. The van der Waals surface area contributed by atoms with E-state index in [1.54, 1.807) is 48.6 Å². The topological polar surface area (TPSA) is 161 Å². The van der Waals surface area contributed by atoms with Crippen LogP contribution in [0.25, 0.3) is 0 Å². The molecule has 11 heteroatoms. The number of esters is 1. The number of aliphatic hydroxyl groups excluding tert-OH is 1. The maximum absolute atomic E-state index is 14.5. The molecule has 4 fully saturated rings. The third-order valence-electron chi connectivity index (χ3n) is 12.3. The summed E-state index contributed by atoms with van der Waals surface area (Å²) in [6.45, 7) is 5.68. The quantitative estimate of drug-likeness (QED) is 0.205. The van der Waals surface area contributed by atoms with Gasteiger partial charge in [0.05, 0.1) is 35.6 Å². The van der Waals surface area contributed by atoms with Crippen molar-refractivity contribution in [2.75, 3.05) is 6.61 Å². The molecule has 0 spiro atoms. The van der Waals surface area contributed by atoms with E-state index in [0.717, 1.165) is 24.8 Å². The highest BCUT2D eigenvalue weighted by atomic mass is 16.7. The van der Waals surface area contributed by atoms with Crippen molar-refractivity contribution in [3.05, 3.63) is 83.5 Å². The average Bonchev–Trinajstić information content (AvgIpc) is 3.59. The first-order valence-electron chi connectivity index (χ1n) is 17.9. The molecule has 7 rings (SSSR count). The van der Waals surface area contributed by atoms with Crippen LogP contribution in [0.15, 0.2) is 82.6 Å². The number of ether oxygens (including phenoxy) is 3. The minimum absolute atomic E-state index is 0.0140. The summed E-state index contributed by atoms with van der Waals surface area (Å²) in [5.41, 5.74) is 0.0143. The molecule has 51 heavy (non-hydrogen) atoms. The van der Waals surface area contributed by atoms with E-state index in [2.05, 4.69) is 17.2 Å². The molecular weight excluding hydrogens is 652 g/mol. The molecule has 0 radical (unpaired) electrons. The van der Waals surface area contributed by atoms with Crippen molar-refractivity contribution in [1.82, 2.24) is 0 Å². The highest BCUT2D eigenvalue weighted by Crippen LogP contribution is 2.69. The molecule has 11 nitrogen and oxygen atoms in total. The zero-order chi connectivity index (χ0) is 36.1. The lowest BCUT2D eigenvalue weighted by molar-refractivity contribution is -0.201. The van der Waals surface area contributed by atoms with E-state index in [1.807, 2.05) is 19.9 Å². The van der Waals surface area contributed by atoms with Gasteiger partial charge in [-0.3, -0.25) is 14.4 Å². The first-order chi connectivity index (χ1) is 24.4. The van der Waals surface area contributed by atoms with Crippen LogP contribution in [0.3, 0.4) is 0 Å². The molecule has 1 aliphatic heterocycles. The van der Waals surface area contributed by atoms with Crippen LogP contribution in [0.4, 0.5) is 11.4 Å². The molecule has 1 saturated heterocycles. The van der Waals surface area contributed by atoms with Gasteiger partial charge in [0.2, 0.25) is 5.78 Å². The molecule has 0 amide bonds. The summed E-state index contributed by atoms with van der Waals surface area (Å²) in [6, 6.07) is 12.9. The molecule has 2 aromatic carbocycles. The third kappa shape index (κ3) is 5.89. The van der Waals surface area contributed by atoms with E-state index >= 15 is 0 Å². The van der Waals surface area contributed by atoms with Gasteiger partial charge in [-0.1, -0.05) is 57.0 Å². The Hall–Kier alpha value is -4.32. The summed E-state index contributed by atoms with van der Waals surface area (Å²) in [5.74, 6) is -2.06. The number of aromatic carboxylic acids is 1. The van der Waals surface area contributed by atoms with Gasteiger partial charge in [-0.05, 0) is 92.0 Å². The Bertz CT molecular complexity index is 1830. The van der Waals surface area contributed by atoms with E-state index in [9.17, 15) is 24.3 Å². The Balaban J connectivity index is 1.09. The predicted molar refractivity (Wildman–Crippen MR) is 184 cm³/mol. The standard InChI is InChI=1S/C40H44N2O9/c1-4-7-35-50-33-20-29-28-15-12-25-19-27(43)16-17-38(25,2)36(28)31(44)21-39(29,3)40(33,51-35)32(45)22-49-34(46)18-24-8-5-6-9-30(24)42-41-26-13-10-23(11-14-26)37(47)48/h5-6,8-11,13-14,16-17,19,28-29,31,33,35-36,44H,4,7,12,15,18,20-22H2,1-3H3,(H,47,48)/t28?,29?,31?,33-,35?,36?,38?,39?,40?/m1/s1. The van der Waals surface area contributed by atoms with Crippen LogP contribution in [0, 0.1) is 28.6 Å². The average molecular weight is 697 g/mol. The number of allylic oxidation sites excluding steroid dienone is 4. The van der Waals surface area contributed by atoms with Gasteiger partial charge in [0.25, 0.3) is 0 Å². The predicted octanol–water partition coefficient (Wildman–Crippen LogP) is 6.62. The van der Waals surface area contributed by atoms with Gasteiger partial charge in [0.15, 0.2) is 24.3 Å². The van der Waals surface area contributed by atoms with Crippen molar-refractivity contribution in [3.8, 4) is 0 Å². The molecule has 8 unspecified atom stereocenters. The number of Topliss-reactive ketones (excluding diaryl/α,β-unsaturated/α-hetero) is 1. The van der Waals surface area contributed by atoms with Crippen molar-refractivity contribution < 1.29 is 43.6 Å². The molecule has 1 heterocycles. The smallest absolute Gasteiger partial charge is 0.335 e. The molecule has 2 N–H and O–H groups in total. The van der Waals surface area contributed by atoms with E-state index in [1.165, 1.54) is 12.1 Å². The molecule has 2 aromatic rings. The number of nitrogens with zero attached hydrogens (tertiary/aromatic N) is 2. The molecule has 268 valence electrons. The second kappa shape index (κ2) is 13.3. The number of hydrogen-bond acceptors (Lipinski definition) is 10. The third-order valence-corrected chi connectivity index (χ3v) is 12.3. The molecular formula is C40H44N2O9. The van der Waals surface area contributed by atoms with Crippen LogP contribution in [0.5, 0.6) is 0 Å². The minimum Gasteiger partial charge on any atom is -0.478 e. The van der Waals surface area contributed by atoms with Gasteiger partial charge in [-0.25, -0.2) is 4.79 Å². The van der Waals surface area contributed by atoms with E-state index in [0.29, 0.717) is 36.2 Å². The first-order valence-corrected chi connectivity index (χ1v) is 17.9. The van der Waals surface area contributed by atoms with Crippen molar-refractivity contribution in [1.29, 1.82) is 0 Å². The summed E-state index contributed by atoms with van der Waals surface area (Å²) in [6.07, 6.45) is 7.15. The van der Waals surface area contributed by atoms with Crippen molar-refractivity contribution in [2.45, 2.75) is 89.8 Å². The van der Waals surface area contributed by atoms with Crippen molar-refractivity contribution in [3.63, 3.8) is 0 Å². The fraction of sp³-hybridized carbons (Fsp3) is 0.500. The van der Waals surface area contributed by atoms with Gasteiger partial charge in [-0.15, -0.1) is 0 Å². The lowest BCUT2D eigenvalue weighted by Crippen LogP contribution is -2.63. The van der Waals surface area contributed by atoms with Gasteiger partial charge >= 0.3 is 11.9 Å². The number of carboxylic acids is 1. The van der Waals surface area contributed by atoms with Crippen LogP contribution in [-0.2, 0) is 35.0 Å². The molecule has 0 bridgehead atoms. The maximum Gasteiger partial charge on any atom is 0.335 e. The van der Waals surface area contributed by atoms with Crippen molar-refractivity contribution in [2.24, 2.45) is 38.8 Å². The van der Waals surface area contributed by atoms with Crippen LogP contribution in [0.1, 0.15) is 75.2 Å². The number of hydrogen-bond donors (Lipinski definition) is 2. The van der Waals surface area contributed by atoms with Crippen LogP contribution in [-0.4, -0.2) is 64.4 Å². The molecule has 3 saturated carbocycles. The first kappa shape index (κ1) is 35.1. The highest BCUT2D eigenvalue weighted by molar-refractivity contribution is 6.01. The Kier molecular flexibility index (Phi) is 9.18. The Morgan fingerprint density at radius 2 is 1.82 bits per heavy atom. The Morgan fingerprint density at radius 3 is 2.57 bits per heavy atom. The van der Waals surface area contributed by atoms with Crippen LogP contribution < -0.4 is 0 Å². The number of rotatable bonds is 10. The SMILES string of the molecule is CCCC1O[C@@H]2CC3C4CCC5=CC(=O)C=CC5(C)C4C(O)CC3(C)C2(C(=O)COC(=O)Cc2ccccc2N=Nc2ccc(C(=O)O)cc2)O1. The number of fused-ring (bicyclic) bond motifs is 7. The fourth-order valence-electron chi connectivity index (χ4n) is 10.0. The summed E-state index contributed by atoms with van der Waals surface area (Å²) in [4.78, 5) is 51.2. The largest absolute Gasteiger partial charge is 0.478 e. The lowest BCUT2D eigenvalue weighted by Gasteiger charge is -2.59. The summed E-state index contributed by atoms with van der Waals surface area (Å²) < 4.78 is 18.8. The number of azo groups is 1. The number of aliphatic hydroxyl groups is 1. The van der Waals surface area contributed by atoms with Gasteiger partial charge in [0.1, 0.15) is 0 Å². The molecule has 9 atom stereocenters. The number of carbonyl (C=O) groups is 4. The lowest BCUT2D eigenvalue weighted by atomic mass is 9.46. The minimum atomic E-state index is -1.39. The Morgan fingerprint density at radius 1 is 1.06 bits per heavy atom. The molecule has 5 aliphatic rings. The second-order valence-corrected chi connectivity index (χ2v) is 15.1. The highest BCUT2D eigenvalue weighted by Gasteiger charge is 2.75. The molecule has 0 aromatic heterocycles. The summed E-state index contributed by atoms with van der Waals surface area (Å²) in [7, 11) is 0. The zero-order valence-corrected chi connectivity index (χ0v) is 29.1. The van der Waals surface area contributed by atoms with E-state index in [-0.39, 0.29) is 41.3 Å². The normalized spacial score (nSPS) is 35.1. The van der Waals surface area contributed by atoms with Crippen LogP contribution >= 0.6 is 0 Å².